The van der Waals surface area contributed by atoms with Crippen molar-refractivity contribution < 1.29 is 24.3 Å². The van der Waals surface area contributed by atoms with Crippen LogP contribution in [0.3, 0.4) is 0 Å². The maximum absolute atomic E-state index is 10.8. The van der Waals surface area contributed by atoms with Gasteiger partial charge in [0.1, 0.15) is 19.0 Å². The first-order valence-electron chi connectivity index (χ1n) is 6.71. The molecule has 0 saturated carbocycles. The lowest BCUT2D eigenvalue weighted by molar-refractivity contribution is -0.138. The van der Waals surface area contributed by atoms with Crippen LogP contribution in [-0.4, -0.2) is 19.2 Å². The molecule has 0 fully saturated rings. The van der Waals surface area contributed by atoms with E-state index in [-0.39, 0.29) is 23.2 Å². The monoisotopic (exact) mass is 316 g/mol. The second-order valence-corrected chi connectivity index (χ2v) is 3.87. The maximum Gasteiger partial charge on any atom is 0.330 e. The first-order valence-corrected chi connectivity index (χ1v) is 6.71. The van der Waals surface area contributed by atoms with E-state index in [0.717, 1.165) is 11.6 Å². The molecule has 0 aliphatic rings. The average Bonchev–Trinajstić information content (AvgIpc) is 2.59. The molecule has 23 heavy (non-hydrogen) atoms. The minimum Gasteiger partial charge on any atom is -0.490 e. The Morgan fingerprint density at radius 1 is 1.09 bits per heavy atom. The number of rotatable bonds is 5. The minimum atomic E-state index is -0.466. The quantitative estimate of drug-likeness (QED) is 0.358. The summed E-state index contributed by atoms with van der Waals surface area (Å²) in [6.45, 7) is 5.46. The zero-order chi connectivity index (χ0) is 16.8. The van der Waals surface area contributed by atoms with Crippen molar-refractivity contribution in [1.82, 2.24) is 0 Å². The number of ether oxygens (including phenoxy) is 2. The van der Waals surface area contributed by atoms with E-state index in [9.17, 15) is 4.79 Å². The summed E-state index contributed by atoms with van der Waals surface area (Å²) in [4.78, 5) is 10.8. The Bertz CT molecular complexity index is 809. The van der Waals surface area contributed by atoms with Gasteiger partial charge in [-0.2, -0.15) is 0 Å². The first kappa shape index (κ1) is 17.5. The van der Waals surface area contributed by atoms with Gasteiger partial charge in [0.25, 0.3) is 0 Å². The van der Waals surface area contributed by atoms with Crippen molar-refractivity contribution in [2.45, 2.75) is 6.92 Å². The van der Waals surface area contributed by atoms with Crippen molar-refractivity contribution in [1.29, 1.82) is 0 Å². The molecular formula is C20H28O3. The van der Waals surface area contributed by atoms with E-state index in [1.165, 1.54) is 0 Å². The van der Waals surface area contributed by atoms with Crippen molar-refractivity contribution in [2.24, 2.45) is 0 Å². The highest BCUT2D eigenvalue weighted by atomic mass is 16.6. The average molecular weight is 316 g/mol. The summed E-state index contributed by atoms with van der Waals surface area (Å²) < 4.78 is 10.2. The number of carbonyl (C=O) groups is 1. The van der Waals surface area contributed by atoms with Gasteiger partial charge in [0, 0.05) is 21.6 Å². The fraction of sp³-hybridized carbons (Fsp3) is 0.150. The second kappa shape index (κ2) is 11.2. The fourth-order valence-electron chi connectivity index (χ4n) is 1.29. The van der Waals surface area contributed by atoms with Gasteiger partial charge in [-0.15, -0.1) is 0 Å². The minimum absolute atomic E-state index is 0. The molecule has 3 nitrogen and oxygen atoms in total. The molecule has 0 atom stereocenters. The number of benzene rings is 1. The number of carbonyl (C=O) groups excluding carboxylic acids is 1. The highest BCUT2D eigenvalue weighted by Crippen LogP contribution is 2.11. The third kappa shape index (κ3) is 8.37. The summed E-state index contributed by atoms with van der Waals surface area (Å²) in [7, 11) is 0. The predicted molar refractivity (Wildman–Crippen MR) is 104 cm³/mol. The lowest BCUT2D eigenvalue weighted by Crippen LogP contribution is -2.10. The van der Waals surface area contributed by atoms with Crippen LogP contribution >= 0.6 is 0 Å². The normalized spacial score (nSPS) is 7.52. The van der Waals surface area contributed by atoms with Crippen LogP contribution < -0.4 is 4.74 Å². The van der Waals surface area contributed by atoms with Crippen LogP contribution in [0.4, 0.5) is 0 Å². The predicted octanol–water partition coefficient (Wildman–Crippen LogP) is 3.90. The Kier molecular flexibility index (Phi) is 8.51. The maximum atomic E-state index is 10.8. The number of hydrogen-bond acceptors (Lipinski definition) is 3. The van der Waals surface area contributed by atoms with Crippen molar-refractivity contribution in [2.75, 3.05) is 13.2 Å². The third-order valence-corrected chi connectivity index (χ3v) is 2.26. The summed E-state index contributed by atoms with van der Waals surface area (Å²) in [6, 6.07) is 7.19. The molecule has 1 aromatic carbocycles. The molecule has 1 aromatic rings. The van der Waals surface area contributed by atoms with E-state index >= 15 is 0 Å². The van der Waals surface area contributed by atoms with Gasteiger partial charge in [-0.05, 0) is 66.7 Å². The molecule has 0 saturated heterocycles. The summed E-state index contributed by atoms with van der Waals surface area (Å²) >= 11 is 0. The Labute approximate surface area is 147 Å². The van der Waals surface area contributed by atoms with Gasteiger partial charge in [-0.25, -0.2) is 4.79 Å². The molecule has 0 unspecified atom stereocenters. The highest BCUT2D eigenvalue weighted by Gasteiger charge is 1.97. The molecule has 0 bridgehead atoms. The zero-order valence-corrected chi connectivity index (χ0v) is 12.7. The van der Waals surface area contributed by atoms with Gasteiger partial charge in [0.05, 0.1) is 0 Å². The van der Waals surface area contributed by atoms with Crippen LogP contribution in [0.2, 0.25) is 0 Å². The van der Waals surface area contributed by atoms with Crippen molar-refractivity contribution in [3.63, 3.8) is 0 Å². The molecule has 0 heterocycles. The molecular weight excluding hydrogens is 288 g/mol. The van der Waals surface area contributed by atoms with Gasteiger partial charge in [0.2, 0.25) is 0 Å². The number of esters is 1. The summed E-state index contributed by atoms with van der Waals surface area (Å²) in [5.41, 5.74) is 0.811. The standard InChI is InChI=1S/C20H14O3.7H2/c1-3-5-6-7-8-9-10-11-18-12-14-19(15-13-18)22-16-17-23-20(21)4-2;;;;;;;/h4,12-15H,2,16-17H2,1H3;7*1H. The molecule has 0 aliphatic carbocycles. The SMILES string of the molecule is C=CC(=O)OCCOc1ccc(C#CC#CC#CC#CC)cc1.[HH].[HH].[HH].[HH].[HH].[HH].[HH]. The second-order valence-electron chi connectivity index (χ2n) is 3.87. The van der Waals surface area contributed by atoms with Gasteiger partial charge < -0.3 is 9.47 Å². The van der Waals surface area contributed by atoms with Gasteiger partial charge in [-0.1, -0.05) is 18.4 Å². The van der Waals surface area contributed by atoms with Crippen LogP contribution in [0, 0.1) is 47.4 Å². The molecule has 1 rings (SSSR count). The largest absolute Gasteiger partial charge is 0.490 e. The molecule has 0 radical (unpaired) electrons. The first-order chi connectivity index (χ1) is 11.3. The molecule has 0 aromatic heterocycles. The van der Waals surface area contributed by atoms with Gasteiger partial charge in [-0.3, -0.25) is 0 Å². The fourth-order valence-corrected chi connectivity index (χ4v) is 1.29. The summed E-state index contributed by atoms with van der Waals surface area (Å²) in [5.74, 6) is 21.4. The van der Waals surface area contributed by atoms with E-state index in [2.05, 4.69) is 53.9 Å². The molecule has 0 amide bonds. The molecule has 126 valence electrons. The Balaban J connectivity index is -0.000000151. The van der Waals surface area contributed by atoms with E-state index in [1.807, 2.05) is 12.1 Å². The van der Waals surface area contributed by atoms with Crippen LogP contribution in [-0.2, 0) is 9.53 Å². The smallest absolute Gasteiger partial charge is 0.330 e. The van der Waals surface area contributed by atoms with Crippen molar-refractivity contribution >= 4 is 5.97 Å². The molecule has 0 N–H and O–H groups in total. The zero-order valence-electron chi connectivity index (χ0n) is 12.7. The summed E-state index contributed by atoms with van der Waals surface area (Å²) in [6.07, 6.45) is 1.11. The molecule has 0 spiro atoms. The van der Waals surface area contributed by atoms with E-state index in [4.69, 9.17) is 9.47 Å². The Hall–Kier alpha value is -3.53. The third-order valence-electron chi connectivity index (χ3n) is 2.26. The van der Waals surface area contributed by atoms with E-state index < -0.39 is 5.97 Å². The van der Waals surface area contributed by atoms with Crippen LogP contribution in [0.1, 0.15) is 22.5 Å². The van der Waals surface area contributed by atoms with Gasteiger partial charge in [0.15, 0.2) is 0 Å². The molecule has 0 aliphatic heterocycles. The van der Waals surface area contributed by atoms with Crippen molar-refractivity contribution in [3.05, 3.63) is 42.5 Å². The van der Waals surface area contributed by atoms with Gasteiger partial charge >= 0.3 is 5.97 Å². The lowest BCUT2D eigenvalue weighted by atomic mass is 10.2. The van der Waals surface area contributed by atoms with Crippen molar-refractivity contribution in [3.8, 4) is 53.1 Å². The van der Waals surface area contributed by atoms with Crippen LogP contribution in [0.15, 0.2) is 36.9 Å². The van der Waals surface area contributed by atoms with Crippen LogP contribution in [0.5, 0.6) is 5.75 Å². The highest BCUT2D eigenvalue weighted by molar-refractivity contribution is 5.81. The molecule has 3 heteroatoms. The van der Waals surface area contributed by atoms with E-state index in [0.29, 0.717) is 5.75 Å². The Morgan fingerprint density at radius 2 is 1.74 bits per heavy atom. The number of hydrogen-bond donors (Lipinski definition) is 0. The lowest BCUT2D eigenvalue weighted by Gasteiger charge is -2.06. The van der Waals surface area contributed by atoms with Crippen LogP contribution in [0.25, 0.3) is 0 Å². The summed E-state index contributed by atoms with van der Waals surface area (Å²) in [5, 5.41) is 0. The van der Waals surface area contributed by atoms with E-state index in [1.54, 1.807) is 19.1 Å². The Morgan fingerprint density at radius 3 is 2.39 bits per heavy atom. The topological polar surface area (TPSA) is 35.5 Å².